The molecule has 118 valence electrons. The summed E-state index contributed by atoms with van der Waals surface area (Å²) in [5, 5.41) is 6.34. The molecule has 2 N–H and O–H groups in total. The van der Waals surface area contributed by atoms with Gasteiger partial charge in [0.2, 0.25) is 0 Å². The average Bonchev–Trinajstić information content (AvgIpc) is 2.81. The fraction of sp³-hybridized carbons (Fsp3) is 0.938. The van der Waals surface area contributed by atoms with E-state index in [1.165, 1.54) is 32.1 Å². The van der Waals surface area contributed by atoms with Crippen molar-refractivity contribution in [2.75, 3.05) is 19.6 Å². The first-order chi connectivity index (χ1) is 9.37. The average molecular weight is 284 g/mol. The normalized spacial score (nSPS) is 18.0. The maximum absolute atomic E-state index is 11.4. The van der Waals surface area contributed by atoms with E-state index in [-0.39, 0.29) is 6.09 Å². The lowest BCUT2D eigenvalue weighted by Crippen LogP contribution is -2.35. The van der Waals surface area contributed by atoms with Crippen molar-refractivity contribution in [3.05, 3.63) is 0 Å². The molecule has 4 nitrogen and oxygen atoms in total. The van der Waals surface area contributed by atoms with Gasteiger partial charge < -0.3 is 15.4 Å². The minimum Gasteiger partial charge on any atom is -0.444 e. The third kappa shape index (κ3) is 6.60. The van der Waals surface area contributed by atoms with Gasteiger partial charge in [0.15, 0.2) is 0 Å². The molecule has 0 saturated heterocycles. The van der Waals surface area contributed by atoms with Crippen LogP contribution in [0.2, 0.25) is 0 Å². The van der Waals surface area contributed by atoms with Gasteiger partial charge in [-0.05, 0) is 58.4 Å². The number of carbonyl (C=O) groups excluding carboxylic acids is 1. The standard InChI is InChI=1S/C16H32N2O2/c1-5-16(9-6-7-10-16)13-17-11-8-12-18-14(19)20-15(2,3)4/h17H,5-13H2,1-4H3,(H,18,19). The summed E-state index contributed by atoms with van der Waals surface area (Å²) in [7, 11) is 0. The molecule has 0 atom stereocenters. The van der Waals surface area contributed by atoms with Gasteiger partial charge in [0, 0.05) is 13.1 Å². The maximum Gasteiger partial charge on any atom is 0.407 e. The first kappa shape index (κ1) is 17.3. The van der Waals surface area contributed by atoms with Crippen molar-refractivity contribution in [3.63, 3.8) is 0 Å². The van der Waals surface area contributed by atoms with Crippen LogP contribution < -0.4 is 10.6 Å². The van der Waals surface area contributed by atoms with E-state index in [0.717, 1.165) is 19.5 Å². The van der Waals surface area contributed by atoms with Crippen molar-refractivity contribution in [2.45, 2.75) is 71.8 Å². The Bertz CT molecular complexity index is 291. The summed E-state index contributed by atoms with van der Waals surface area (Å²) in [6.07, 6.45) is 7.40. The van der Waals surface area contributed by atoms with E-state index in [2.05, 4.69) is 17.6 Å². The van der Waals surface area contributed by atoms with Crippen LogP contribution in [0.4, 0.5) is 4.79 Å². The Morgan fingerprint density at radius 3 is 2.40 bits per heavy atom. The SMILES string of the molecule is CCC1(CNCCCNC(=O)OC(C)(C)C)CCCC1. The van der Waals surface area contributed by atoms with Crippen LogP contribution in [0.5, 0.6) is 0 Å². The topological polar surface area (TPSA) is 50.4 Å². The molecule has 0 unspecified atom stereocenters. The van der Waals surface area contributed by atoms with Crippen LogP contribution in [0.1, 0.15) is 66.2 Å². The quantitative estimate of drug-likeness (QED) is 0.704. The van der Waals surface area contributed by atoms with Gasteiger partial charge in [-0.25, -0.2) is 4.79 Å². The van der Waals surface area contributed by atoms with Crippen molar-refractivity contribution >= 4 is 6.09 Å². The van der Waals surface area contributed by atoms with Gasteiger partial charge >= 0.3 is 6.09 Å². The summed E-state index contributed by atoms with van der Waals surface area (Å²) < 4.78 is 5.19. The maximum atomic E-state index is 11.4. The molecule has 1 amide bonds. The number of hydrogen-bond donors (Lipinski definition) is 2. The predicted molar refractivity (Wildman–Crippen MR) is 82.9 cm³/mol. The Kier molecular flexibility index (Phi) is 6.80. The summed E-state index contributed by atoms with van der Waals surface area (Å²) in [6, 6.07) is 0. The molecule has 0 spiro atoms. The fourth-order valence-corrected chi connectivity index (χ4v) is 2.85. The molecule has 0 bridgehead atoms. The van der Waals surface area contributed by atoms with E-state index in [1.807, 2.05) is 20.8 Å². The Morgan fingerprint density at radius 2 is 1.85 bits per heavy atom. The van der Waals surface area contributed by atoms with Gasteiger partial charge in [-0.2, -0.15) is 0 Å². The second kappa shape index (κ2) is 7.87. The molecule has 1 rings (SSSR count). The lowest BCUT2D eigenvalue weighted by Gasteiger charge is -2.27. The van der Waals surface area contributed by atoms with Gasteiger partial charge in [-0.1, -0.05) is 19.8 Å². The number of ether oxygens (including phenoxy) is 1. The second-order valence-corrected chi connectivity index (χ2v) is 7.02. The lowest BCUT2D eigenvalue weighted by atomic mass is 9.83. The summed E-state index contributed by atoms with van der Waals surface area (Å²) in [5.74, 6) is 0. The molecule has 0 aromatic rings. The smallest absolute Gasteiger partial charge is 0.407 e. The van der Waals surface area contributed by atoms with Gasteiger partial charge in [0.25, 0.3) is 0 Å². The van der Waals surface area contributed by atoms with Crippen molar-refractivity contribution in [2.24, 2.45) is 5.41 Å². The summed E-state index contributed by atoms with van der Waals surface area (Å²) in [4.78, 5) is 11.4. The molecule has 0 aliphatic heterocycles. The second-order valence-electron chi connectivity index (χ2n) is 7.02. The van der Waals surface area contributed by atoms with Crippen molar-refractivity contribution in [1.82, 2.24) is 10.6 Å². The zero-order valence-electron chi connectivity index (χ0n) is 13.7. The largest absolute Gasteiger partial charge is 0.444 e. The number of carbonyl (C=O) groups is 1. The molecule has 1 saturated carbocycles. The minimum atomic E-state index is -0.418. The van der Waals surface area contributed by atoms with Crippen molar-refractivity contribution < 1.29 is 9.53 Å². The highest BCUT2D eigenvalue weighted by molar-refractivity contribution is 5.67. The molecule has 0 radical (unpaired) electrons. The lowest BCUT2D eigenvalue weighted by molar-refractivity contribution is 0.0527. The first-order valence-corrected chi connectivity index (χ1v) is 8.04. The van der Waals surface area contributed by atoms with E-state index in [9.17, 15) is 4.79 Å². The van der Waals surface area contributed by atoms with E-state index < -0.39 is 5.60 Å². The number of hydrogen-bond acceptors (Lipinski definition) is 3. The van der Waals surface area contributed by atoms with Crippen molar-refractivity contribution in [1.29, 1.82) is 0 Å². The molecular weight excluding hydrogens is 252 g/mol. The van der Waals surface area contributed by atoms with E-state index in [1.54, 1.807) is 0 Å². The van der Waals surface area contributed by atoms with E-state index in [4.69, 9.17) is 4.74 Å². The van der Waals surface area contributed by atoms with Gasteiger partial charge in [0.1, 0.15) is 5.60 Å². The summed E-state index contributed by atoms with van der Waals surface area (Å²) >= 11 is 0. The number of nitrogens with one attached hydrogen (secondary N) is 2. The first-order valence-electron chi connectivity index (χ1n) is 8.04. The van der Waals surface area contributed by atoms with Crippen molar-refractivity contribution in [3.8, 4) is 0 Å². The predicted octanol–water partition coefficient (Wildman–Crippen LogP) is 3.46. The van der Waals surface area contributed by atoms with E-state index in [0.29, 0.717) is 12.0 Å². The van der Waals surface area contributed by atoms with Crippen LogP contribution in [-0.2, 0) is 4.74 Å². The van der Waals surface area contributed by atoms with Crippen LogP contribution in [0.15, 0.2) is 0 Å². The third-order valence-electron chi connectivity index (χ3n) is 4.11. The van der Waals surface area contributed by atoms with Crippen LogP contribution in [-0.4, -0.2) is 31.3 Å². The highest BCUT2D eigenvalue weighted by Crippen LogP contribution is 2.40. The Morgan fingerprint density at radius 1 is 1.20 bits per heavy atom. The Labute approximate surface area is 124 Å². The molecule has 1 fully saturated rings. The zero-order valence-corrected chi connectivity index (χ0v) is 13.7. The van der Waals surface area contributed by atoms with Gasteiger partial charge in [-0.15, -0.1) is 0 Å². The monoisotopic (exact) mass is 284 g/mol. The fourth-order valence-electron chi connectivity index (χ4n) is 2.85. The van der Waals surface area contributed by atoms with Crippen LogP contribution in [0, 0.1) is 5.41 Å². The molecule has 1 aliphatic carbocycles. The summed E-state index contributed by atoms with van der Waals surface area (Å²) in [5.41, 5.74) is 0.122. The number of rotatable bonds is 7. The number of alkyl carbamates (subject to hydrolysis) is 1. The molecule has 0 aromatic heterocycles. The van der Waals surface area contributed by atoms with E-state index >= 15 is 0 Å². The zero-order chi connectivity index (χ0) is 15.1. The molecule has 4 heteroatoms. The Hall–Kier alpha value is -0.770. The van der Waals surface area contributed by atoms with Gasteiger partial charge in [0.05, 0.1) is 0 Å². The summed E-state index contributed by atoms with van der Waals surface area (Å²) in [6.45, 7) is 10.7. The number of amides is 1. The highest BCUT2D eigenvalue weighted by Gasteiger charge is 2.31. The van der Waals surface area contributed by atoms with Crippen LogP contribution in [0.25, 0.3) is 0 Å². The van der Waals surface area contributed by atoms with Crippen LogP contribution >= 0.6 is 0 Å². The molecule has 1 aliphatic rings. The van der Waals surface area contributed by atoms with Crippen LogP contribution in [0.3, 0.4) is 0 Å². The minimum absolute atomic E-state index is 0.321. The van der Waals surface area contributed by atoms with Gasteiger partial charge in [-0.3, -0.25) is 0 Å². The molecule has 0 aromatic carbocycles. The Balaban J connectivity index is 2.03. The third-order valence-corrected chi connectivity index (χ3v) is 4.11. The molecular formula is C16H32N2O2. The highest BCUT2D eigenvalue weighted by atomic mass is 16.6. The molecule has 0 heterocycles. The molecule has 20 heavy (non-hydrogen) atoms.